The van der Waals surface area contributed by atoms with Crippen molar-refractivity contribution in [1.82, 2.24) is 0 Å². The zero-order chi connectivity index (χ0) is 11.1. The van der Waals surface area contributed by atoms with Crippen LogP contribution in [-0.2, 0) is 4.79 Å². The molecule has 3 heteroatoms. The van der Waals surface area contributed by atoms with Gasteiger partial charge in [0.25, 0.3) is 5.91 Å². The molecule has 1 aromatic carbocycles. The molecule has 3 nitrogen and oxygen atoms in total. The first kappa shape index (κ1) is 10.0. The number of ether oxygens (including phenoxy) is 1. The molecular weight excluding hydrogens is 190 g/mol. The van der Waals surface area contributed by atoms with Gasteiger partial charge in [-0.05, 0) is 12.1 Å². The molecule has 1 amide bonds. The van der Waals surface area contributed by atoms with E-state index < -0.39 is 6.10 Å². The number of benzene rings is 1. The fourth-order valence-corrected chi connectivity index (χ4v) is 1.62. The van der Waals surface area contributed by atoms with Crippen LogP contribution in [0.5, 0.6) is 5.75 Å². The number of para-hydroxylation sites is 2. The second-order valence-electron chi connectivity index (χ2n) is 4.85. The van der Waals surface area contributed by atoms with Gasteiger partial charge in [-0.25, -0.2) is 0 Å². The highest BCUT2D eigenvalue weighted by atomic mass is 16.5. The van der Waals surface area contributed by atoms with E-state index in [2.05, 4.69) is 5.32 Å². The van der Waals surface area contributed by atoms with E-state index >= 15 is 0 Å². The van der Waals surface area contributed by atoms with Gasteiger partial charge in [0.15, 0.2) is 6.10 Å². The van der Waals surface area contributed by atoms with E-state index in [1.165, 1.54) is 0 Å². The normalized spacial score (nSPS) is 20.2. The predicted octanol–water partition coefficient (Wildman–Crippen LogP) is 2.43. The molecule has 0 aliphatic carbocycles. The molecule has 0 radical (unpaired) electrons. The van der Waals surface area contributed by atoms with E-state index in [1.54, 1.807) is 0 Å². The maximum Gasteiger partial charge on any atom is 0.266 e. The van der Waals surface area contributed by atoms with Crippen LogP contribution in [0.25, 0.3) is 0 Å². The molecule has 0 bridgehead atoms. The molecule has 1 aromatic rings. The summed E-state index contributed by atoms with van der Waals surface area (Å²) in [5.41, 5.74) is 0.556. The first-order valence-corrected chi connectivity index (χ1v) is 5.05. The van der Waals surface area contributed by atoms with Gasteiger partial charge < -0.3 is 10.1 Å². The van der Waals surface area contributed by atoms with Crippen molar-refractivity contribution in [1.29, 1.82) is 0 Å². The van der Waals surface area contributed by atoms with Crippen molar-refractivity contribution in [2.24, 2.45) is 5.41 Å². The molecule has 80 valence electrons. The van der Waals surface area contributed by atoms with Crippen molar-refractivity contribution in [3.8, 4) is 5.75 Å². The van der Waals surface area contributed by atoms with E-state index in [0.29, 0.717) is 0 Å². The van der Waals surface area contributed by atoms with Crippen LogP contribution in [0.4, 0.5) is 5.69 Å². The maximum atomic E-state index is 11.8. The summed E-state index contributed by atoms with van der Waals surface area (Å²) in [5.74, 6) is 0.679. The molecule has 15 heavy (non-hydrogen) atoms. The summed E-state index contributed by atoms with van der Waals surface area (Å²) in [6.45, 7) is 5.97. The van der Waals surface area contributed by atoms with Gasteiger partial charge in [0.05, 0.1) is 5.69 Å². The molecule has 1 atom stereocenters. The molecule has 0 fully saturated rings. The summed E-state index contributed by atoms with van der Waals surface area (Å²) < 4.78 is 5.70. The first-order chi connectivity index (χ1) is 6.98. The zero-order valence-corrected chi connectivity index (χ0v) is 9.20. The first-order valence-electron chi connectivity index (χ1n) is 5.05. The maximum absolute atomic E-state index is 11.8. The Morgan fingerprint density at radius 2 is 1.93 bits per heavy atom. The zero-order valence-electron chi connectivity index (χ0n) is 9.20. The molecule has 2 rings (SSSR count). The van der Waals surface area contributed by atoms with E-state index in [4.69, 9.17) is 4.74 Å². The number of carbonyl (C=O) groups excluding carboxylic acids is 1. The molecule has 0 spiro atoms. The average molecular weight is 205 g/mol. The Labute approximate surface area is 89.4 Å². The van der Waals surface area contributed by atoms with Crippen LogP contribution < -0.4 is 10.1 Å². The smallest absolute Gasteiger partial charge is 0.266 e. The third kappa shape index (κ3) is 1.82. The quantitative estimate of drug-likeness (QED) is 0.706. The molecular formula is C12H15NO2. The van der Waals surface area contributed by atoms with Crippen LogP contribution >= 0.6 is 0 Å². The lowest BCUT2D eigenvalue weighted by Crippen LogP contribution is -2.45. The minimum Gasteiger partial charge on any atom is -0.478 e. The SMILES string of the molecule is CC(C)(C)C1Oc2ccccc2NC1=O. The Morgan fingerprint density at radius 3 is 2.60 bits per heavy atom. The minimum absolute atomic E-state index is 0.0683. The molecule has 0 aromatic heterocycles. The third-order valence-corrected chi connectivity index (χ3v) is 2.41. The number of rotatable bonds is 0. The number of nitrogens with one attached hydrogen (secondary N) is 1. The Kier molecular flexibility index (Phi) is 2.18. The van der Waals surface area contributed by atoms with E-state index in [1.807, 2.05) is 45.0 Å². The average Bonchev–Trinajstić information content (AvgIpc) is 2.15. The monoisotopic (exact) mass is 205 g/mol. The highest BCUT2D eigenvalue weighted by Gasteiger charge is 2.36. The number of hydrogen-bond acceptors (Lipinski definition) is 2. The highest BCUT2D eigenvalue weighted by Crippen LogP contribution is 2.34. The molecule has 1 heterocycles. The minimum atomic E-state index is -0.424. The second kappa shape index (κ2) is 3.26. The predicted molar refractivity (Wildman–Crippen MR) is 58.9 cm³/mol. The Balaban J connectivity index is 2.34. The number of anilines is 1. The fourth-order valence-electron chi connectivity index (χ4n) is 1.62. The van der Waals surface area contributed by atoms with Gasteiger partial charge in [-0.15, -0.1) is 0 Å². The fraction of sp³-hybridized carbons (Fsp3) is 0.417. The van der Waals surface area contributed by atoms with Gasteiger partial charge in [-0.2, -0.15) is 0 Å². The van der Waals surface area contributed by atoms with E-state index in [-0.39, 0.29) is 11.3 Å². The largest absolute Gasteiger partial charge is 0.478 e. The Bertz CT molecular complexity index is 393. The van der Waals surface area contributed by atoms with Crippen LogP contribution in [0, 0.1) is 5.41 Å². The lowest BCUT2D eigenvalue weighted by atomic mass is 9.87. The van der Waals surface area contributed by atoms with Crippen LogP contribution in [0.2, 0.25) is 0 Å². The van der Waals surface area contributed by atoms with Gasteiger partial charge in [0, 0.05) is 5.41 Å². The molecule has 1 aliphatic heterocycles. The lowest BCUT2D eigenvalue weighted by Gasteiger charge is -2.34. The summed E-state index contributed by atoms with van der Waals surface area (Å²) in [7, 11) is 0. The van der Waals surface area contributed by atoms with Crippen molar-refractivity contribution >= 4 is 11.6 Å². The summed E-state index contributed by atoms with van der Waals surface area (Å²) in [5, 5.41) is 2.85. The summed E-state index contributed by atoms with van der Waals surface area (Å²) in [6.07, 6.45) is -0.424. The van der Waals surface area contributed by atoms with Crippen molar-refractivity contribution < 1.29 is 9.53 Å². The van der Waals surface area contributed by atoms with Crippen LogP contribution in [0.1, 0.15) is 20.8 Å². The van der Waals surface area contributed by atoms with Crippen molar-refractivity contribution in [2.45, 2.75) is 26.9 Å². The van der Waals surface area contributed by atoms with E-state index in [9.17, 15) is 4.79 Å². The molecule has 1 unspecified atom stereocenters. The van der Waals surface area contributed by atoms with Gasteiger partial charge in [-0.3, -0.25) is 4.79 Å². The second-order valence-corrected chi connectivity index (χ2v) is 4.85. The van der Waals surface area contributed by atoms with Crippen molar-refractivity contribution in [2.75, 3.05) is 5.32 Å². The van der Waals surface area contributed by atoms with Crippen LogP contribution in [-0.4, -0.2) is 12.0 Å². The third-order valence-electron chi connectivity index (χ3n) is 2.41. The topological polar surface area (TPSA) is 38.3 Å². The van der Waals surface area contributed by atoms with Gasteiger partial charge in [0.1, 0.15) is 5.75 Å². The molecule has 1 aliphatic rings. The van der Waals surface area contributed by atoms with Crippen LogP contribution in [0.3, 0.4) is 0 Å². The molecule has 0 saturated heterocycles. The summed E-state index contributed by atoms with van der Waals surface area (Å²) >= 11 is 0. The van der Waals surface area contributed by atoms with Crippen LogP contribution in [0.15, 0.2) is 24.3 Å². The molecule has 1 N–H and O–H groups in total. The Morgan fingerprint density at radius 1 is 1.27 bits per heavy atom. The number of carbonyl (C=O) groups is 1. The Hall–Kier alpha value is -1.51. The summed E-state index contributed by atoms with van der Waals surface area (Å²) in [4.78, 5) is 11.8. The van der Waals surface area contributed by atoms with Crippen molar-refractivity contribution in [3.05, 3.63) is 24.3 Å². The number of fused-ring (bicyclic) bond motifs is 1. The van der Waals surface area contributed by atoms with Gasteiger partial charge in [-0.1, -0.05) is 32.9 Å². The van der Waals surface area contributed by atoms with E-state index in [0.717, 1.165) is 11.4 Å². The highest BCUT2D eigenvalue weighted by molar-refractivity contribution is 5.98. The summed E-state index contributed by atoms with van der Waals surface area (Å²) in [6, 6.07) is 7.48. The number of amides is 1. The standard InChI is InChI=1S/C12H15NO2/c1-12(2,3)10-11(14)13-8-6-4-5-7-9(8)15-10/h4-7,10H,1-3H3,(H,13,14). The van der Waals surface area contributed by atoms with Gasteiger partial charge >= 0.3 is 0 Å². The number of hydrogen-bond donors (Lipinski definition) is 1. The lowest BCUT2D eigenvalue weighted by molar-refractivity contribution is -0.128. The van der Waals surface area contributed by atoms with Crippen molar-refractivity contribution in [3.63, 3.8) is 0 Å². The van der Waals surface area contributed by atoms with Gasteiger partial charge in [0.2, 0.25) is 0 Å². The molecule has 0 saturated carbocycles.